The molecule has 0 bridgehead atoms. The maximum atomic E-state index is 11.9. The first-order valence-electron chi connectivity index (χ1n) is 5.70. The summed E-state index contributed by atoms with van der Waals surface area (Å²) in [7, 11) is 0. The Balaban J connectivity index is 1.78. The van der Waals surface area contributed by atoms with E-state index in [4.69, 9.17) is 18.0 Å². The largest absolute Gasteiger partial charge is 0.393 e. The van der Waals surface area contributed by atoms with Crippen LogP contribution in [0.1, 0.15) is 28.9 Å². The van der Waals surface area contributed by atoms with Crippen molar-refractivity contribution in [3.63, 3.8) is 0 Å². The number of thiocarbonyl (C=S) groups is 1. The Bertz CT molecular complexity index is 530. The molecule has 2 rings (SSSR count). The average molecular weight is 298 g/mol. The lowest BCUT2D eigenvalue weighted by Crippen LogP contribution is -2.23. The van der Waals surface area contributed by atoms with Gasteiger partial charge in [-0.15, -0.1) is 22.7 Å². The third kappa shape index (κ3) is 3.51. The van der Waals surface area contributed by atoms with Crippen molar-refractivity contribution in [1.29, 1.82) is 0 Å². The standard InChI is InChI=1S/C12H14N2OS3/c13-11(16)3-1-2-5-14-12(15)10-7-9-8(18-10)4-6-17-9/h4,6-7H,1-3,5H2,(H2,13,16)(H,14,15). The predicted molar refractivity (Wildman–Crippen MR) is 82.7 cm³/mol. The summed E-state index contributed by atoms with van der Waals surface area (Å²) in [6.07, 6.45) is 2.58. The molecule has 3 nitrogen and oxygen atoms in total. The summed E-state index contributed by atoms with van der Waals surface area (Å²) in [5.74, 6) is 0.0127. The summed E-state index contributed by atoms with van der Waals surface area (Å²) in [5, 5.41) is 4.96. The topological polar surface area (TPSA) is 55.1 Å². The van der Waals surface area contributed by atoms with Crippen molar-refractivity contribution >= 4 is 55.2 Å². The first kappa shape index (κ1) is 13.5. The molecule has 0 unspecified atom stereocenters. The molecule has 0 radical (unpaired) electrons. The molecule has 18 heavy (non-hydrogen) atoms. The molecule has 0 saturated carbocycles. The normalized spacial score (nSPS) is 10.7. The third-order valence-corrected chi connectivity index (χ3v) is 4.79. The van der Waals surface area contributed by atoms with E-state index < -0.39 is 0 Å². The van der Waals surface area contributed by atoms with Crippen LogP contribution in [0.5, 0.6) is 0 Å². The van der Waals surface area contributed by atoms with E-state index in [0.717, 1.165) is 24.1 Å². The number of hydrogen-bond donors (Lipinski definition) is 2. The number of carbonyl (C=O) groups excluding carboxylic acids is 1. The molecule has 0 spiro atoms. The predicted octanol–water partition coefficient (Wildman–Crippen LogP) is 3.15. The van der Waals surface area contributed by atoms with Gasteiger partial charge in [-0.3, -0.25) is 4.79 Å². The van der Waals surface area contributed by atoms with Gasteiger partial charge in [0.2, 0.25) is 0 Å². The highest BCUT2D eigenvalue weighted by atomic mass is 32.1. The molecular weight excluding hydrogens is 284 g/mol. The van der Waals surface area contributed by atoms with Crippen LogP contribution in [0.15, 0.2) is 17.5 Å². The summed E-state index contributed by atoms with van der Waals surface area (Å²) >= 11 is 7.99. The van der Waals surface area contributed by atoms with Gasteiger partial charge in [-0.2, -0.15) is 0 Å². The molecule has 0 atom stereocenters. The number of nitrogens with two attached hydrogens (primary N) is 1. The van der Waals surface area contributed by atoms with Crippen molar-refractivity contribution in [2.45, 2.75) is 19.3 Å². The van der Waals surface area contributed by atoms with Crippen LogP contribution in [0.2, 0.25) is 0 Å². The van der Waals surface area contributed by atoms with Gasteiger partial charge < -0.3 is 11.1 Å². The quantitative estimate of drug-likeness (QED) is 0.636. The maximum absolute atomic E-state index is 11.9. The minimum absolute atomic E-state index is 0.0127. The number of hydrogen-bond acceptors (Lipinski definition) is 4. The Morgan fingerprint density at radius 1 is 1.39 bits per heavy atom. The van der Waals surface area contributed by atoms with Crippen molar-refractivity contribution in [3.8, 4) is 0 Å². The van der Waals surface area contributed by atoms with Gasteiger partial charge in [-0.25, -0.2) is 0 Å². The van der Waals surface area contributed by atoms with Crippen LogP contribution < -0.4 is 11.1 Å². The Morgan fingerprint density at radius 2 is 2.22 bits per heavy atom. The zero-order valence-corrected chi connectivity index (χ0v) is 12.2. The van der Waals surface area contributed by atoms with Crippen molar-refractivity contribution in [3.05, 3.63) is 22.4 Å². The molecular formula is C12H14N2OS3. The highest BCUT2D eigenvalue weighted by Gasteiger charge is 2.09. The molecule has 0 fully saturated rings. The maximum Gasteiger partial charge on any atom is 0.261 e. The molecule has 2 aromatic rings. The molecule has 0 saturated heterocycles. The molecule has 0 aliphatic heterocycles. The summed E-state index contributed by atoms with van der Waals surface area (Å²) in [4.78, 5) is 13.2. The van der Waals surface area contributed by atoms with Gasteiger partial charge in [0, 0.05) is 15.9 Å². The Hall–Kier alpha value is -0.980. The highest BCUT2D eigenvalue weighted by molar-refractivity contribution is 7.80. The van der Waals surface area contributed by atoms with E-state index in [9.17, 15) is 4.79 Å². The average Bonchev–Trinajstić information content (AvgIpc) is 2.87. The Labute approximate surface area is 119 Å². The van der Waals surface area contributed by atoms with Gasteiger partial charge in [-0.05, 0) is 36.8 Å². The summed E-state index contributed by atoms with van der Waals surface area (Å²) in [5.41, 5.74) is 5.40. The van der Waals surface area contributed by atoms with Crippen molar-refractivity contribution in [2.24, 2.45) is 5.73 Å². The lowest BCUT2D eigenvalue weighted by Gasteiger charge is -2.02. The molecule has 0 aliphatic carbocycles. The molecule has 0 aromatic carbocycles. The van der Waals surface area contributed by atoms with Gasteiger partial charge in [0.15, 0.2) is 0 Å². The number of unbranched alkanes of at least 4 members (excludes halogenated alkanes) is 1. The first-order valence-corrected chi connectivity index (χ1v) is 7.81. The summed E-state index contributed by atoms with van der Waals surface area (Å²) < 4.78 is 2.36. The van der Waals surface area contributed by atoms with Crippen LogP contribution >= 0.6 is 34.9 Å². The third-order valence-electron chi connectivity index (χ3n) is 2.50. The smallest absolute Gasteiger partial charge is 0.261 e. The second-order valence-electron chi connectivity index (χ2n) is 3.94. The van der Waals surface area contributed by atoms with E-state index >= 15 is 0 Å². The molecule has 0 aliphatic rings. The van der Waals surface area contributed by atoms with Crippen LogP contribution in [0.25, 0.3) is 9.40 Å². The van der Waals surface area contributed by atoms with E-state index in [1.807, 2.05) is 17.5 Å². The van der Waals surface area contributed by atoms with Crippen LogP contribution in [-0.4, -0.2) is 17.4 Å². The fraction of sp³-hybridized carbons (Fsp3) is 0.333. The summed E-state index contributed by atoms with van der Waals surface area (Å²) in [6.45, 7) is 0.674. The molecule has 1 amide bonds. The van der Waals surface area contributed by atoms with Gasteiger partial charge >= 0.3 is 0 Å². The van der Waals surface area contributed by atoms with E-state index in [-0.39, 0.29) is 5.91 Å². The van der Waals surface area contributed by atoms with Crippen LogP contribution in [0.3, 0.4) is 0 Å². The molecule has 96 valence electrons. The van der Waals surface area contributed by atoms with Crippen LogP contribution in [-0.2, 0) is 0 Å². The summed E-state index contributed by atoms with van der Waals surface area (Å²) in [6, 6.07) is 4.00. The lowest BCUT2D eigenvalue weighted by molar-refractivity contribution is 0.0957. The number of nitrogens with one attached hydrogen (secondary N) is 1. The molecule has 2 aromatic heterocycles. The number of amides is 1. The van der Waals surface area contributed by atoms with E-state index in [1.54, 1.807) is 11.3 Å². The van der Waals surface area contributed by atoms with Crippen molar-refractivity contribution in [2.75, 3.05) is 6.54 Å². The number of thiophene rings is 2. The molecule has 6 heteroatoms. The van der Waals surface area contributed by atoms with Crippen LogP contribution in [0, 0.1) is 0 Å². The number of fused-ring (bicyclic) bond motifs is 1. The van der Waals surface area contributed by atoms with Crippen LogP contribution in [0.4, 0.5) is 0 Å². The second-order valence-corrected chi connectivity index (χ2v) is 6.49. The first-order chi connectivity index (χ1) is 8.66. The molecule has 3 N–H and O–H groups in total. The zero-order valence-electron chi connectivity index (χ0n) is 9.77. The van der Waals surface area contributed by atoms with Gasteiger partial charge in [0.1, 0.15) is 0 Å². The van der Waals surface area contributed by atoms with Crippen molar-refractivity contribution in [1.82, 2.24) is 5.32 Å². The van der Waals surface area contributed by atoms with Gasteiger partial charge in [-0.1, -0.05) is 12.2 Å². The monoisotopic (exact) mass is 298 g/mol. The van der Waals surface area contributed by atoms with E-state index in [1.165, 1.54) is 20.7 Å². The second kappa shape index (κ2) is 6.26. The van der Waals surface area contributed by atoms with Crippen molar-refractivity contribution < 1.29 is 4.79 Å². The van der Waals surface area contributed by atoms with E-state index in [2.05, 4.69) is 5.32 Å². The fourth-order valence-electron chi connectivity index (χ4n) is 1.59. The van der Waals surface area contributed by atoms with Gasteiger partial charge in [0.25, 0.3) is 5.91 Å². The molecule has 2 heterocycles. The Morgan fingerprint density at radius 3 is 2.94 bits per heavy atom. The zero-order chi connectivity index (χ0) is 13.0. The minimum atomic E-state index is 0.0127. The SMILES string of the molecule is NC(=S)CCCCNC(=O)c1cc2sccc2s1. The number of carbonyl (C=O) groups is 1. The highest BCUT2D eigenvalue weighted by Crippen LogP contribution is 2.29. The fourth-order valence-corrected chi connectivity index (χ4v) is 3.76. The minimum Gasteiger partial charge on any atom is -0.393 e. The lowest BCUT2D eigenvalue weighted by atomic mass is 10.2. The van der Waals surface area contributed by atoms with Gasteiger partial charge in [0.05, 0.1) is 9.87 Å². The Kier molecular flexibility index (Phi) is 4.68. The number of rotatable bonds is 6. The van der Waals surface area contributed by atoms with E-state index in [0.29, 0.717) is 11.5 Å².